The van der Waals surface area contributed by atoms with Crippen LogP contribution in [0.5, 0.6) is 5.75 Å². The van der Waals surface area contributed by atoms with E-state index < -0.39 is 11.5 Å². The summed E-state index contributed by atoms with van der Waals surface area (Å²) in [5, 5.41) is 3.01. The second-order valence-electron chi connectivity index (χ2n) is 8.32. The Balaban J connectivity index is 1.69. The van der Waals surface area contributed by atoms with Crippen molar-refractivity contribution in [3.05, 3.63) is 93.4 Å². The maximum absolute atomic E-state index is 13.7. The van der Waals surface area contributed by atoms with Gasteiger partial charge in [0.15, 0.2) is 0 Å². The SMILES string of the molecule is COc1cccc(C2N(C(=O)c3cc(C)[nH]c(=O)c3)CCC23C(=O)Nc2ccccc23)c1. The first-order chi connectivity index (χ1) is 15.4. The Kier molecular flexibility index (Phi) is 4.62. The van der Waals surface area contributed by atoms with Crippen LogP contribution in [0.2, 0.25) is 0 Å². The summed E-state index contributed by atoms with van der Waals surface area (Å²) in [6.07, 6.45) is 0.478. The van der Waals surface area contributed by atoms with E-state index in [1.54, 1.807) is 25.0 Å². The van der Waals surface area contributed by atoms with Gasteiger partial charge in [0.05, 0.1) is 13.2 Å². The molecule has 1 fully saturated rings. The molecule has 0 radical (unpaired) electrons. The predicted octanol–water partition coefficient (Wildman–Crippen LogP) is 3.17. The highest BCUT2D eigenvalue weighted by Gasteiger charge is 2.59. The number of pyridine rings is 1. The number of anilines is 1. The van der Waals surface area contributed by atoms with Crippen molar-refractivity contribution in [1.29, 1.82) is 0 Å². The lowest BCUT2D eigenvalue weighted by Crippen LogP contribution is -2.42. The second kappa shape index (κ2) is 7.37. The molecule has 0 aliphatic carbocycles. The molecule has 2 amide bonds. The largest absolute Gasteiger partial charge is 0.497 e. The van der Waals surface area contributed by atoms with Crippen LogP contribution in [0.15, 0.2) is 65.5 Å². The summed E-state index contributed by atoms with van der Waals surface area (Å²) in [7, 11) is 1.59. The summed E-state index contributed by atoms with van der Waals surface area (Å²) >= 11 is 0. The van der Waals surface area contributed by atoms with Crippen molar-refractivity contribution < 1.29 is 14.3 Å². The van der Waals surface area contributed by atoms with Gasteiger partial charge in [0.2, 0.25) is 11.5 Å². The number of ether oxygens (including phenoxy) is 1. The number of H-pyrrole nitrogens is 1. The molecule has 1 saturated heterocycles. The Bertz CT molecular complexity index is 1300. The number of hydrogen-bond acceptors (Lipinski definition) is 4. The topological polar surface area (TPSA) is 91.5 Å². The molecular formula is C25H23N3O4. The standard InChI is InChI=1S/C25H23N3O4/c1-15-12-17(14-21(29)26-15)23(30)28-11-10-25(19-8-3-4-9-20(19)27-24(25)31)22(28)16-6-5-7-18(13-16)32-2/h3-9,12-14,22H,10-11H2,1-2H3,(H,26,29)(H,27,31). The molecule has 2 aliphatic heterocycles. The van der Waals surface area contributed by atoms with E-state index >= 15 is 0 Å². The van der Waals surface area contributed by atoms with Gasteiger partial charge < -0.3 is 19.9 Å². The number of carbonyl (C=O) groups excluding carboxylic acids is 2. The Hall–Kier alpha value is -3.87. The Morgan fingerprint density at radius 2 is 1.91 bits per heavy atom. The molecule has 32 heavy (non-hydrogen) atoms. The van der Waals surface area contributed by atoms with E-state index in [-0.39, 0.29) is 17.4 Å². The molecule has 3 aromatic rings. The van der Waals surface area contributed by atoms with E-state index in [4.69, 9.17) is 4.74 Å². The molecule has 162 valence electrons. The summed E-state index contributed by atoms with van der Waals surface area (Å²) in [6.45, 7) is 2.12. The van der Waals surface area contributed by atoms with Gasteiger partial charge in [-0.3, -0.25) is 14.4 Å². The number of likely N-dealkylation sites (tertiary alicyclic amines) is 1. The normalized spacial score (nSPS) is 21.5. The third-order valence-electron chi connectivity index (χ3n) is 6.48. The third-order valence-corrected chi connectivity index (χ3v) is 6.48. The van der Waals surface area contributed by atoms with Crippen molar-refractivity contribution in [1.82, 2.24) is 9.88 Å². The second-order valence-corrected chi connectivity index (χ2v) is 8.32. The zero-order valence-corrected chi connectivity index (χ0v) is 17.8. The van der Waals surface area contributed by atoms with Crippen LogP contribution >= 0.6 is 0 Å². The predicted molar refractivity (Wildman–Crippen MR) is 120 cm³/mol. The summed E-state index contributed by atoms with van der Waals surface area (Å²) in [5.41, 5.74) is 2.13. The number of hydrogen-bond donors (Lipinski definition) is 2. The molecule has 0 bridgehead atoms. The lowest BCUT2D eigenvalue weighted by atomic mass is 9.72. The Morgan fingerprint density at radius 1 is 1.09 bits per heavy atom. The number of aryl methyl sites for hydroxylation is 1. The molecule has 3 heterocycles. The van der Waals surface area contributed by atoms with Crippen molar-refractivity contribution in [3.8, 4) is 5.75 Å². The van der Waals surface area contributed by atoms with Crippen LogP contribution in [0.1, 0.15) is 39.6 Å². The van der Waals surface area contributed by atoms with Gasteiger partial charge in [-0.2, -0.15) is 0 Å². The summed E-state index contributed by atoms with van der Waals surface area (Å²) in [5.74, 6) is 0.251. The van der Waals surface area contributed by atoms with Crippen LogP contribution in [0.4, 0.5) is 5.69 Å². The summed E-state index contributed by atoms with van der Waals surface area (Å²) < 4.78 is 5.42. The number of methoxy groups -OCH3 is 1. The molecule has 7 nitrogen and oxygen atoms in total. The van der Waals surface area contributed by atoms with Gasteiger partial charge in [-0.15, -0.1) is 0 Å². The maximum atomic E-state index is 13.7. The fourth-order valence-electron chi connectivity index (χ4n) is 5.15. The van der Waals surface area contributed by atoms with E-state index in [0.717, 1.165) is 16.8 Å². The van der Waals surface area contributed by atoms with Gasteiger partial charge in [0, 0.05) is 29.6 Å². The van der Waals surface area contributed by atoms with Crippen LogP contribution in [0.25, 0.3) is 0 Å². The van der Waals surface area contributed by atoms with Crippen LogP contribution in [-0.4, -0.2) is 35.4 Å². The summed E-state index contributed by atoms with van der Waals surface area (Å²) in [4.78, 5) is 43.5. The molecule has 1 aromatic heterocycles. The first kappa shape index (κ1) is 20.1. The van der Waals surface area contributed by atoms with Gasteiger partial charge in [-0.25, -0.2) is 0 Å². The minimum absolute atomic E-state index is 0.121. The number of nitrogens with zero attached hydrogens (tertiary/aromatic N) is 1. The van der Waals surface area contributed by atoms with Gasteiger partial charge >= 0.3 is 0 Å². The molecule has 1 spiro atoms. The molecule has 0 saturated carbocycles. The first-order valence-corrected chi connectivity index (χ1v) is 10.5. The maximum Gasteiger partial charge on any atom is 0.254 e. The van der Waals surface area contributed by atoms with Crippen LogP contribution < -0.4 is 15.6 Å². The average Bonchev–Trinajstić information content (AvgIpc) is 3.32. The van der Waals surface area contributed by atoms with E-state index in [1.807, 2.05) is 48.5 Å². The monoisotopic (exact) mass is 429 g/mol. The van der Waals surface area contributed by atoms with Gasteiger partial charge in [-0.1, -0.05) is 30.3 Å². The van der Waals surface area contributed by atoms with Crippen LogP contribution in [0, 0.1) is 6.92 Å². The number of amides is 2. The number of para-hydroxylation sites is 1. The lowest BCUT2D eigenvalue weighted by Gasteiger charge is -2.34. The molecule has 7 heteroatoms. The van der Waals surface area contributed by atoms with Gasteiger partial charge in [0.25, 0.3) is 5.91 Å². The molecular weight excluding hydrogens is 406 g/mol. The highest BCUT2D eigenvalue weighted by Crippen LogP contribution is 2.55. The minimum atomic E-state index is -0.922. The van der Waals surface area contributed by atoms with Crippen molar-refractivity contribution in [2.24, 2.45) is 0 Å². The molecule has 2 unspecified atom stereocenters. The molecule has 2 N–H and O–H groups in total. The number of nitrogens with one attached hydrogen (secondary N) is 2. The minimum Gasteiger partial charge on any atom is -0.497 e. The molecule has 2 aliphatic rings. The number of rotatable bonds is 3. The van der Waals surface area contributed by atoms with E-state index in [1.165, 1.54) is 6.07 Å². The van der Waals surface area contributed by atoms with E-state index in [0.29, 0.717) is 30.0 Å². The van der Waals surface area contributed by atoms with Crippen LogP contribution in [-0.2, 0) is 10.2 Å². The Morgan fingerprint density at radius 3 is 2.69 bits per heavy atom. The van der Waals surface area contributed by atoms with Crippen molar-refractivity contribution in [2.75, 3.05) is 19.0 Å². The molecule has 2 atom stereocenters. The first-order valence-electron chi connectivity index (χ1n) is 10.5. The molecule has 5 rings (SSSR count). The number of aromatic nitrogens is 1. The fraction of sp³-hybridized carbons (Fsp3) is 0.240. The quantitative estimate of drug-likeness (QED) is 0.669. The lowest BCUT2D eigenvalue weighted by molar-refractivity contribution is -0.121. The number of aromatic amines is 1. The summed E-state index contributed by atoms with van der Waals surface area (Å²) in [6, 6.07) is 17.5. The highest BCUT2D eigenvalue weighted by atomic mass is 16.5. The average molecular weight is 429 g/mol. The molecule has 2 aromatic carbocycles. The van der Waals surface area contributed by atoms with Crippen molar-refractivity contribution in [2.45, 2.75) is 24.8 Å². The zero-order chi connectivity index (χ0) is 22.5. The Labute approximate surface area is 185 Å². The third kappa shape index (κ3) is 2.92. The van der Waals surface area contributed by atoms with E-state index in [2.05, 4.69) is 10.3 Å². The van der Waals surface area contributed by atoms with Gasteiger partial charge in [-0.05, 0) is 48.7 Å². The van der Waals surface area contributed by atoms with Gasteiger partial charge in [0.1, 0.15) is 11.2 Å². The van der Waals surface area contributed by atoms with Crippen molar-refractivity contribution in [3.63, 3.8) is 0 Å². The zero-order valence-electron chi connectivity index (χ0n) is 17.8. The van der Waals surface area contributed by atoms with Crippen molar-refractivity contribution >= 4 is 17.5 Å². The smallest absolute Gasteiger partial charge is 0.254 e. The number of carbonyl (C=O) groups is 2. The number of fused-ring (bicyclic) bond motifs is 2. The fourth-order valence-corrected chi connectivity index (χ4v) is 5.15. The number of benzene rings is 2. The van der Waals surface area contributed by atoms with Crippen LogP contribution in [0.3, 0.4) is 0 Å². The van der Waals surface area contributed by atoms with E-state index in [9.17, 15) is 14.4 Å². The highest BCUT2D eigenvalue weighted by molar-refractivity contribution is 6.08.